The molecule has 2 aromatic heterocycles. The highest BCUT2D eigenvalue weighted by Crippen LogP contribution is 2.39. The largest absolute Gasteiger partial charge is 0.479 e. The van der Waals surface area contributed by atoms with E-state index in [1.807, 2.05) is 19.9 Å². The van der Waals surface area contributed by atoms with Crippen LogP contribution in [0, 0.1) is 0 Å². The monoisotopic (exact) mass is 422 g/mol. The summed E-state index contributed by atoms with van der Waals surface area (Å²) in [5, 5.41) is 21.2. The first-order valence-electron chi connectivity index (χ1n) is 5.93. The summed E-state index contributed by atoms with van der Waals surface area (Å²) in [6, 6.07) is 1.87. The SMILES string of the molecule is CCC(CC)(C(=O)O)n1nnnc1-c1cc(Br)c(Br)s1. The zero-order valence-corrected chi connectivity index (χ0v) is 14.8. The third-order valence-electron chi connectivity index (χ3n) is 3.31. The van der Waals surface area contributed by atoms with Crippen LogP contribution in [0.2, 0.25) is 0 Å². The van der Waals surface area contributed by atoms with Crippen molar-refractivity contribution in [3.8, 4) is 10.7 Å². The Hall–Kier alpha value is -0.800. The second kappa shape index (κ2) is 5.90. The third kappa shape index (κ3) is 2.42. The van der Waals surface area contributed by atoms with Crippen LogP contribution in [-0.4, -0.2) is 31.3 Å². The van der Waals surface area contributed by atoms with Gasteiger partial charge in [-0.25, -0.2) is 9.48 Å². The Morgan fingerprint density at radius 1 is 1.45 bits per heavy atom. The predicted octanol–water partition coefficient (Wildman–Crippen LogP) is 3.53. The second-order valence-electron chi connectivity index (χ2n) is 4.19. The minimum atomic E-state index is -1.12. The fourth-order valence-electron chi connectivity index (χ4n) is 2.03. The van der Waals surface area contributed by atoms with Gasteiger partial charge in [0.2, 0.25) is 0 Å². The summed E-state index contributed by atoms with van der Waals surface area (Å²) in [5.41, 5.74) is -1.12. The van der Waals surface area contributed by atoms with Crippen LogP contribution in [0.4, 0.5) is 0 Å². The maximum atomic E-state index is 11.7. The van der Waals surface area contributed by atoms with Gasteiger partial charge in [-0.2, -0.15) is 0 Å². The molecule has 0 fully saturated rings. The molecule has 0 bridgehead atoms. The van der Waals surface area contributed by atoms with E-state index in [0.29, 0.717) is 18.7 Å². The molecule has 0 saturated heterocycles. The van der Waals surface area contributed by atoms with Gasteiger partial charge in [0.05, 0.1) is 8.66 Å². The first-order chi connectivity index (χ1) is 9.46. The first-order valence-corrected chi connectivity index (χ1v) is 8.34. The summed E-state index contributed by atoms with van der Waals surface area (Å²) < 4.78 is 3.22. The number of carboxylic acids is 1. The lowest BCUT2D eigenvalue weighted by atomic mass is 9.93. The van der Waals surface area contributed by atoms with Crippen molar-refractivity contribution in [3.63, 3.8) is 0 Å². The lowest BCUT2D eigenvalue weighted by molar-refractivity contribution is -0.148. The third-order valence-corrected chi connectivity index (χ3v) is 6.56. The number of aromatic nitrogens is 4. The highest BCUT2D eigenvalue weighted by molar-refractivity contribution is 9.13. The molecule has 6 nitrogen and oxygen atoms in total. The second-order valence-corrected chi connectivity index (χ2v) is 7.41. The molecular formula is C11H12Br2N4O2S. The Labute approximate surface area is 136 Å². The number of thiophene rings is 1. The summed E-state index contributed by atoms with van der Waals surface area (Å²) in [6.45, 7) is 3.65. The van der Waals surface area contributed by atoms with Crippen molar-refractivity contribution in [2.75, 3.05) is 0 Å². The van der Waals surface area contributed by atoms with E-state index >= 15 is 0 Å². The van der Waals surface area contributed by atoms with Gasteiger partial charge in [-0.1, -0.05) is 13.8 Å². The lowest BCUT2D eigenvalue weighted by Gasteiger charge is -2.27. The molecule has 0 aromatic carbocycles. The van der Waals surface area contributed by atoms with Gasteiger partial charge >= 0.3 is 5.97 Å². The van der Waals surface area contributed by atoms with Gasteiger partial charge in [0.15, 0.2) is 11.4 Å². The molecule has 2 rings (SSSR count). The summed E-state index contributed by atoms with van der Waals surface area (Å²) in [4.78, 5) is 12.5. The topological polar surface area (TPSA) is 80.9 Å². The summed E-state index contributed by atoms with van der Waals surface area (Å²) in [7, 11) is 0. The summed E-state index contributed by atoms with van der Waals surface area (Å²) in [6.07, 6.45) is 0.815. The number of hydrogen-bond donors (Lipinski definition) is 1. The van der Waals surface area contributed by atoms with Crippen LogP contribution < -0.4 is 0 Å². The molecule has 0 aliphatic rings. The molecular weight excluding hydrogens is 412 g/mol. The van der Waals surface area contributed by atoms with Crippen molar-refractivity contribution in [3.05, 3.63) is 14.3 Å². The van der Waals surface area contributed by atoms with Crippen molar-refractivity contribution in [1.82, 2.24) is 20.2 Å². The molecule has 108 valence electrons. The van der Waals surface area contributed by atoms with E-state index in [4.69, 9.17) is 0 Å². The van der Waals surface area contributed by atoms with Gasteiger partial charge in [0, 0.05) is 4.47 Å². The molecule has 20 heavy (non-hydrogen) atoms. The number of hydrogen-bond acceptors (Lipinski definition) is 5. The minimum Gasteiger partial charge on any atom is -0.479 e. The van der Waals surface area contributed by atoms with Crippen LogP contribution in [0.3, 0.4) is 0 Å². The van der Waals surface area contributed by atoms with Gasteiger partial charge in [0.1, 0.15) is 0 Å². The fourth-order valence-corrected chi connectivity index (χ4v) is 4.03. The van der Waals surface area contributed by atoms with Crippen molar-refractivity contribution in [2.45, 2.75) is 32.2 Å². The molecule has 0 amide bonds. The zero-order valence-electron chi connectivity index (χ0n) is 10.8. The molecule has 0 unspecified atom stereocenters. The zero-order chi connectivity index (χ0) is 14.9. The fraction of sp³-hybridized carbons (Fsp3) is 0.455. The van der Waals surface area contributed by atoms with Crippen molar-refractivity contribution in [2.24, 2.45) is 0 Å². The Kier molecular flexibility index (Phi) is 4.60. The normalized spacial score (nSPS) is 11.8. The highest BCUT2D eigenvalue weighted by Gasteiger charge is 2.40. The van der Waals surface area contributed by atoms with Crippen LogP contribution in [0.15, 0.2) is 14.3 Å². The number of carbonyl (C=O) groups is 1. The Bertz CT molecular complexity index is 617. The van der Waals surface area contributed by atoms with Gasteiger partial charge in [0.25, 0.3) is 0 Å². The van der Waals surface area contributed by atoms with Crippen molar-refractivity contribution >= 4 is 49.2 Å². The minimum absolute atomic E-state index is 0.407. The van der Waals surface area contributed by atoms with Crippen molar-refractivity contribution in [1.29, 1.82) is 0 Å². The average molecular weight is 424 g/mol. The smallest absolute Gasteiger partial charge is 0.331 e. The number of rotatable bonds is 5. The number of halogens is 2. The van der Waals surface area contributed by atoms with Crippen molar-refractivity contribution < 1.29 is 9.90 Å². The Morgan fingerprint density at radius 2 is 2.10 bits per heavy atom. The Morgan fingerprint density at radius 3 is 2.55 bits per heavy atom. The summed E-state index contributed by atoms with van der Waals surface area (Å²) in [5.74, 6) is -0.460. The van der Waals surface area contributed by atoms with Gasteiger partial charge in [-0.3, -0.25) is 0 Å². The quantitative estimate of drug-likeness (QED) is 0.795. The maximum Gasteiger partial charge on any atom is 0.331 e. The molecule has 0 saturated carbocycles. The number of carboxylic acid groups (broad SMARTS) is 1. The van der Waals surface area contributed by atoms with Crippen LogP contribution in [0.25, 0.3) is 10.7 Å². The Balaban J connectivity index is 2.60. The molecule has 9 heteroatoms. The molecule has 2 heterocycles. The van der Waals surface area contributed by atoms with Crippen LogP contribution in [-0.2, 0) is 10.3 Å². The van der Waals surface area contributed by atoms with E-state index in [1.54, 1.807) is 0 Å². The number of aliphatic carboxylic acids is 1. The van der Waals surface area contributed by atoms with Crippen LogP contribution in [0.5, 0.6) is 0 Å². The predicted molar refractivity (Wildman–Crippen MR) is 82.7 cm³/mol. The van der Waals surface area contributed by atoms with Gasteiger partial charge < -0.3 is 5.11 Å². The molecule has 0 atom stereocenters. The lowest BCUT2D eigenvalue weighted by Crippen LogP contribution is -2.42. The van der Waals surface area contributed by atoms with Crippen LogP contribution in [0.1, 0.15) is 26.7 Å². The van der Waals surface area contributed by atoms with Gasteiger partial charge in [-0.05, 0) is 61.2 Å². The van der Waals surface area contributed by atoms with E-state index in [0.717, 1.165) is 13.1 Å². The molecule has 0 aliphatic heterocycles. The molecule has 0 aliphatic carbocycles. The molecule has 0 radical (unpaired) electrons. The van der Waals surface area contributed by atoms with Crippen LogP contribution >= 0.6 is 43.2 Å². The molecule has 0 spiro atoms. The average Bonchev–Trinajstić information content (AvgIpc) is 3.00. The van der Waals surface area contributed by atoms with E-state index in [2.05, 4.69) is 47.4 Å². The molecule has 1 N–H and O–H groups in total. The highest BCUT2D eigenvalue weighted by atomic mass is 79.9. The first kappa shape index (κ1) is 15.6. The summed E-state index contributed by atoms with van der Waals surface area (Å²) >= 11 is 8.27. The van der Waals surface area contributed by atoms with E-state index in [1.165, 1.54) is 16.0 Å². The molecule has 2 aromatic rings. The van der Waals surface area contributed by atoms with Gasteiger partial charge in [-0.15, -0.1) is 16.4 Å². The van der Waals surface area contributed by atoms with E-state index < -0.39 is 11.5 Å². The maximum absolute atomic E-state index is 11.7. The van der Waals surface area contributed by atoms with E-state index in [9.17, 15) is 9.90 Å². The van der Waals surface area contributed by atoms with E-state index in [-0.39, 0.29) is 0 Å². The standard InChI is InChI=1S/C11H12Br2N4O2S/c1-3-11(4-2,10(18)19)17-9(14-15-16-17)7-5-6(12)8(13)20-7/h5H,3-4H2,1-2H3,(H,18,19). The number of tetrazole rings is 1. The number of nitrogens with zero attached hydrogens (tertiary/aromatic N) is 4.